The Morgan fingerprint density at radius 2 is 1.85 bits per heavy atom. The second-order valence-electron chi connectivity index (χ2n) is 5.57. The van der Waals surface area contributed by atoms with Crippen molar-refractivity contribution in [1.29, 1.82) is 0 Å². The molecule has 2 rings (SSSR count). The number of ether oxygens (including phenoxy) is 1. The number of carbonyl (C=O) groups is 3. The molecule has 1 N–H and O–H groups in total. The first-order chi connectivity index (χ1) is 12.7. The number of esters is 1. The van der Waals surface area contributed by atoms with E-state index in [9.17, 15) is 22.8 Å². The summed E-state index contributed by atoms with van der Waals surface area (Å²) < 4.78 is 29.8. The lowest BCUT2D eigenvalue weighted by atomic mass is 10.2. The summed E-state index contributed by atoms with van der Waals surface area (Å²) >= 11 is 1.16. The Bertz CT molecular complexity index is 938. The second-order valence-corrected chi connectivity index (χ2v) is 8.43. The number of hydrogen-bond acceptors (Lipinski definition) is 7. The molecule has 0 saturated heterocycles. The van der Waals surface area contributed by atoms with Crippen LogP contribution in [0.25, 0.3) is 0 Å². The minimum absolute atomic E-state index is 0.342. The van der Waals surface area contributed by atoms with E-state index in [0.717, 1.165) is 21.9 Å². The number of benzene rings is 1. The number of carbonyl (C=O) groups excluding carboxylic acids is 3. The van der Waals surface area contributed by atoms with Crippen LogP contribution in [0.4, 0.5) is 5.69 Å². The van der Waals surface area contributed by atoms with E-state index in [0.29, 0.717) is 16.1 Å². The summed E-state index contributed by atoms with van der Waals surface area (Å²) in [6.07, 6.45) is 0.971. The Kier molecular flexibility index (Phi) is 6.70. The maximum Gasteiger partial charge on any atom is 0.327 e. The van der Waals surface area contributed by atoms with E-state index >= 15 is 0 Å². The minimum atomic E-state index is -3.74. The lowest BCUT2D eigenvalue weighted by Crippen LogP contribution is -2.38. The molecule has 0 aliphatic carbocycles. The number of thiophene rings is 1. The van der Waals surface area contributed by atoms with Gasteiger partial charge in [-0.1, -0.05) is 24.3 Å². The first kappa shape index (κ1) is 20.6. The van der Waals surface area contributed by atoms with Crippen molar-refractivity contribution >= 4 is 44.8 Å². The molecule has 0 fully saturated rings. The van der Waals surface area contributed by atoms with Crippen molar-refractivity contribution in [2.75, 3.05) is 23.7 Å². The molecule has 1 aromatic carbocycles. The molecule has 1 heterocycles. The lowest BCUT2D eigenvalue weighted by molar-refractivity contribution is -0.146. The smallest absolute Gasteiger partial charge is 0.327 e. The molecule has 8 nitrogen and oxygen atoms in total. The Morgan fingerprint density at radius 1 is 1.15 bits per heavy atom. The molecule has 144 valence electrons. The van der Waals surface area contributed by atoms with Gasteiger partial charge in [0.25, 0.3) is 11.8 Å². The third-order valence-electron chi connectivity index (χ3n) is 3.42. The van der Waals surface area contributed by atoms with Crippen LogP contribution in [0.3, 0.4) is 0 Å². The van der Waals surface area contributed by atoms with Gasteiger partial charge in [0.1, 0.15) is 6.54 Å². The summed E-state index contributed by atoms with van der Waals surface area (Å²) in [6.45, 7) is 0.430. The topological polar surface area (TPSA) is 110 Å². The molecule has 0 aliphatic rings. The summed E-state index contributed by atoms with van der Waals surface area (Å²) in [6, 6.07) is 9.88. The summed E-state index contributed by atoms with van der Waals surface area (Å²) in [5.41, 5.74) is 1.00. The number of amides is 2. The lowest BCUT2D eigenvalue weighted by Gasteiger charge is -2.23. The van der Waals surface area contributed by atoms with Gasteiger partial charge in [-0.15, -0.1) is 11.3 Å². The van der Waals surface area contributed by atoms with E-state index in [4.69, 9.17) is 4.74 Å². The predicted molar refractivity (Wildman–Crippen MR) is 101 cm³/mol. The first-order valence-corrected chi connectivity index (χ1v) is 10.5. The van der Waals surface area contributed by atoms with Gasteiger partial charge in [0.15, 0.2) is 6.61 Å². The van der Waals surface area contributed by atoms with Gasteiger partial charge in [0, 0.05) is 0 Å². The molecule has 0 spiro atoms. The molecule has 1 aromatic heterocycles. The Balaban J connectivity index is 1.95. The Hall–Kier alpha value is -2.72. The van der Waals surface area contributed by atoms with Gasteiger partial charge < -0.3 is 4.74 Å². The van der Waals surface area contributed by atoms with Crippen molar-refractivity contribution in [2.45, 2.75) is 6.92 Å². The number of para-hydroxylation sites is 1. The van der Waals surface area contributed by atoms with Gasteiger partial charge >= 0.3 is 5.97 Å². The van der Waals surface area contributed by atoms with Crippen LogP contribution < -0.4 is 9.62 Å². The zero-order valence-electron chi connectivity index (χ0n) is 14.7. The van der Waals surface area contributed by atoms with E-state index in [-0.39, 0.29) is 0 Å². The number of imide groups is 1. The van der Waals surface area contributed by atoms with Gasteiger partial charge in [0.05, 0.1) is 16.8 Å². The molecule has 0 atom stereocenters. The predicted octanol–water partition coefficient (Wildman–Crippen LogP) is 1.32. The molecule has 0 aliphatic heterocycles. The first-order valence-electron chi connectivity index (χ1n) is 7.75. The molecule has 0 saturated carbocycles. The number of nitrogens with zero attached hydrogens (tertiary/aromatic N) is 1. The highest BCUT2D eigenvalue weighted by Crippen LogP contribution is 2.21. The average Bonchev–Trinajstić information content (AvgIpc) is 3.12. The molecule has 27 heavy (non-hydrogen) atoms. The Morgan fingerprint density at radius 3 is 2.44 bits per heavy atom. The van der Waals surface area contributed by atoms with Gasteiger partial charge in [-0.25, -0.2) is 8.42 Å². The fourth-order valence-corrected chi connectivity index (χ4v) is 3.69. The highest BCUT2D eigenvalue weighted by molar-refractivity contribution is 7.92. The number of nitrogens with one attached hydrogen (secondary N) is 1. The highest BCUT2D eigenvalue weighted by atomic mass is 32.2. The zero-order chi connectivity index (χ0) is 20.0. The normalized spacial score (nSPS) is 10.9. The second kappa shape index (κ2) is 8.78. The molecular weight excluding hydrogens is 392 g/mol. The summed E-state index contributed by atoms with van der Waals surface area (Å²) in [5, 5.41) is 3.77. The Labute approximate surface area is 160 Å². The minimum Gasteiger partial charge on any atom is -0.454 e. The van der Waals surface area contributed by atoms with Crippen molar-refractivity contribution in [2.24, 2.45) is 0 Å². The highest BCUT2D eigenvalue weighted by Gasteiger charge is 2.23. The van der Waals surface area contributed by atoms with Crippen LogP contribution in [-0.2, 0) is 24.3 Å². The zero-order valence-corrected chi connectivity index (χ0v) is 16.3. The standard InChI is InChI=1S/C17H18N2O6S2/c1-12-6-3-4-7-13(12)19(27(2,23)24)10-16(21)25-11-15(20)18-17(22)14-8-5-9-26-14/h3-9H,10-11H2,1-2H3,(H,18,20,22). The summed E-state index contributed by atoms with van der Waals surface area (Å²) in [4.78, 5) is 35.8. The van der Waals surface area contributed by atoms with Crippen LogP contribution in [0.1, 0.15) is 15.2 Å². The summed E-state index contributed by atoms with van der Waals surface area (Å²) in [7, 11) is -3.74. The molecule has 2 aromatic rings. The maximum atomic E-state index is 12.0. The maximum absolute atomic E-state index is 12.0. The molecule has 2 amide bonds. The monoisotopic (exact) mass is 410 g/mol. The quantitative estimate of drug-likeness (QED) is 0.690. The third-order valence-corrected chi connectivity index (χ3v) is 5.41. The molecule has 0 unspecified atom stereocenters. The van der Waals surface area contributed by atoms with Crippen molar-refractivity contribution in [1.82, 2.24) is 5.32 Å². The van der Waals surface area contributed by atoms with Gasteiger partial charge in [-0.2, -0.15) is 0 Å². The number of rotatable bonds is 7. The fourth-order valence-electron chi connectivity index (χ4n) is 2.17. The number of aryl methyl sites for hydroxylation is 1. The SMILES string of the molecule is Cc1ccccc1N(CC(=O)OCC(=O)NC(=O)c1cccs1)S(C)(=O)=O. The van der Waals surface area contributed by atoms with Gasteiger partial charge in [0.2, 0.25) is 10.0 Å². The number of hydrogen-bond donors (Lipinski definition) is 1. The number of sulfonamides is 1. The van der Waals surface area contributed by atoms with E-state index in [1.807, 2.05) is 0 Å². The van der Waals surface area contributed by atoms with Crippen molar-refractivity contribution in [3.8, 4) is 0 Å². The average molecular weight is 410 g/mol. The van der Waals surface area contributed by atoms with Crippen LogP contribution >= 0.6 is 11.3 Å². The summed E-state index contributed by atoms with van der Waals surface area (Å²) in [5.74, 6) is -2.31. The van der Waals surface area contributed by atoms with Crippen molar-refractivity contribution in [3.05, 3.63) is 52.2 Å². The van der Waals surface area contributed by atoms with Crippen LogP contribution in [0.2, 0.25) is 0 Å². The van der Waals surface area contributed by atoms with Crippen LogP contribution in [0.15, 0.2) is 41.8 Å². The van der Waals surface area contributed by atoms with Crippen molar-refractivity contribution < 1.29 is 27.5 Å². The van der Waals surface area contributed by atoms with E-state index in [2.05, 4.69) is 5.32 Å². The van der Waals surface area contributed by atoms with Gasteiger partial charge in [-0.05, 0) is 30.0 Å². The van der Waals surface area contributed by atoms with E-state index in [1.165, 1.54) is 0 Å². The van der Waals surface area contributed by atoms with Crippen molar-refractivity contribution in [3.63, 3.8) is 0 Å². The molecule has 0 bridgehead atoms. The molecular formula is C17H18N2O6S2. The van der Waals surface area contributed by atoms with E-state index < -0.39 is 41.0 Å². The molecule has 0 radical (unpaired) electrons. The largest absolute Gasteiger partial charge is 0.454 e. The van der Waals surface area contributed by atoms with Gasteiger partial charge in [-0.3, -0.25) is 24.0 Å². The van der Waals surface area contributed by atoms with Crippen LogP contribution in [-0.4, -0.2) is 45.6 Å². The fraction of sp³-hybridized carbons (Fsp3) is 0.235. The van der Waals surface area contributed by atoms with E-state index in [1.54, 1.807) is 48.7 Å². The molecule has 10 heteroatoms. The third kappa shape index (κ3) is 5.90. The van der Waals surface area contributed by atoms with Crippen LogP contribution in [0.5, 0.6) is 0 Å². The number of anilines is 1. The van der Waals surface area contributed by atoms with Crippen LogP contribution in [0, 0.1) is 6.92 Å².